The molecule has 0 radical (unpaired) electrons. The van der Waals surface area contributed by atoms with Crippen LogP contribution in [0.2, 0.25) is 0 Å². The normalized spacial score (nSPS) is 16.1. The number of alkyl halides is 3. The number of nitrogens with one attached hydrogen (secondary N) is 1. The van der Waals surface area contributed by atoms with Gasteiger partial charge in [-0.25, -0.2) is 4.79 Å². The number of methoxy groups -OCH3 is 1. The molecule has 1 aliphatic rings. The number of aryl methyl sites for hydroxylation is 1. The number of ether oxygens (including phenoxy) is 2. The first-order chi connectivity index (χ1) is 15.7. The number of cyclic esters (lactones) is 1. The molecule has 1 aromatic heterocycles. The highest BCUT2D eigenvalue weighted by Crippen LogP contribution is 2.32. The molecule has 1 fully saturated rings. The molecular formula is C23H20F3N3O4. The number of carbonyl (C=O) groups excluding carboxylic acids is 2. The molecule has 1 saturated heterocycles. The summed E-state index contributed by atoms with van der Waals surface area (Å²) in [6, 6.07) is 11.0. The molecule has 4 rings (SSSR count). The van der Waals surface area contributed by atoms with Gasteiger partial charge >= 0.3 is 12.3 Å². The first-order valence-corrected chi connectivity index (χ1v) is 10.0. The van der Waals surface area contributed by atoms with Crippen molar-refractivity contribution in [1.29, 1.82) is 0 Å². The zero-order chi connectivity index (χ0) is 23.8. The Bertz CT molecular complexity index is 1210. The summed E-state index contributed by atoms with van der Waals surface area (Å²) in [7, 11) is 1.54. The second-order valence-corrected chi connectivity index (χ2v) is 7.57. The van der Waals surface area contributed by atoms with Crippen LogP contribution >= 0.6 is 0 Å². The highest BCUT2D eigenvalue weighted by molar-refractivity contribution is 6.02. The standard InChI is InChI=1S/C23H20F3N3O4/c1-13-9-20(18-10-16(32-2)7-8-19(18)28-13)29-12-17(33-22(29)31)11-27-21(30)14-3-5-15(6-4-14)23(24,25)26/h3-10,17H,11-12H2,1-2H3,(H,27,30). The van der Waals surface area contributed by atoms with E-state index in [1.54, 1.807) is 31.4 Å². The number of amides is 2. The van der Waals surface area contributed by atoms with E-state index in [4.69, 9.17) is 9.47 Å². The van der Waals surface area contributed by atoms with Crippen LogP contribution in [0.15, 0.2) is 48.5 Å². The highest BCUT2D eigenvalue weighted by Gasteiger charge is 2.34. The third-order valence-corrected chi connectivity index (χ3v) is 5.25. The number of rotatable bonds is 5. The first-order valence-electron chi connectivity index (χ1n) is 10.0. The molecule has 0 saturated carbocycles. The van der Waals surface area contributed by atoms with Gasteiger partial charge in [-0.05, 0) is 55.5 Å². The summed E-state index contributed by atoms with van der Waals surface area (Å²) < 4.78 is 48.7. The number of hydrogen-bond acceptors (Lipinski definition) is 5. The number of halogens is 3. The summed E-state index contributed by atoms with van der Waals surface area (Å²) in [6.45, 7) is 2.01. The van der Waals surface area contributed by atoms with Crippen LogP contribution in [0.3, 0.4) is 0 Å². The van der Waals surface area contributed by atoms with Gasteiger partial charge in [0.05, 0.1) is 37.0 Å². The maximum absolute atomic E-state index is 12.7. The Morgan fingerprint density at radius 1 is 1.21 bits per heavy atom. The van der Waals surface area contributed by atoms with Crippen molar-refractivity contribution in [3.63, 3.8) is 0 Å². The number of aromatic nitrogens is 1. The fourth-order valence-electron chi connectivity index (χ4n) is 3.61. The van der Waals surface area contributed by atoms with E-state index in [2.05, 4.69) is 10.3 Å². The lowest BCUT2D eigenvalue weighted by molar-refractivity contribution is -0.137. The van der Waals surface area contributed by atoms with E-state index in [1.165, 1.54) is 4.90 Å². The molecule has 10 heteroatoms. The van der Waals surface area contributed by atoms with Gasteiger partial charge in [-0.3, -0.25) is 14.7 Å². The lowest BCUT2D eigenvalue weighted by Crippen LogP contribution is -2.34. The molecular weight excluding hydrogens is 439 g/mol. The van der Waals surface area contributed by atoms with Crippen molar-refractivity contribution in [1.82, 2.24) is 10.3 Å². The summed E-state index contributed by atoms with van der Waals surface area (Å²) in [5.41, 5.74) is 1.26. The summed E-state index contributed by atoms with van der Waals surface area (Å²) in [5.74, 6) is 0.0514. The molecule has 1 atom stereocenters. The molecule has 1 aliphatic heterocycles. The second kappa shape index (κ2) is 8.61. The third-order valence-electron chi connectivity index (χ3n) is 5.25. The lowest BCUT2D eigenvalue weighted by Gasteiger charge is -2.17. The van der Waals surface area contributed by atoms with Gasteiger partial charge in [0.1, 0.15) is 11.9 Å². The smallest absolute Gasteiger partial charge is 0.416 e. The largest absolute Gasteiger partial charge is 0.497 e. The number of pyridine rings is 1. The summed E-state index contributed by atoms with van der Waals surface area (Å²) >= 11 is 0. The fraction of sp³-hybridized carbons (Fsp3) is 0.261. The molecule has 1 N–H and O–H groups in total. The van der Waals surface area contributed by atoms with Crippen LogP contribution in [0.5, 0.6) is 5.75 Å². The zero-order valence-electron chi connectivity index (χ0n) is 17.8. The van der Waals surface area contributed by atoms with Crippen LogP contribution in [0.25, 0.3) is 10.9 Å². The van der Waals surface area contributed by atoms with E-state index in [9.17, 15) is 22.8 Å². The van der Waals surface area contributed by atoms with Crippen molar-refractivity contribution >= 4 is 28.6 Å². The van der Waals surface area contributed by atoms with Crippen molar-refractivity contribution in [3.8, 4) is 5.75 Å². The minimum Gasteiger partial charge on any atom is -0.497 e. The Balaban J connectivity index is 1.46. The van der Waals surface area contributed by atoms with Gasteiger partial charge in [-0.2, -0.15) is 13.2 Å². The van der Waals surface area contributed by atoms with Gasteiger partial charge in [-0.1, -0.05) is 0 Å². The summed E-state index contributed by atoms with van der Waals surface area (Å²) in [6.07, 6.45) is -5.68. The van der Waals surface area contributed by atoms with Gasteiger partial charge in [-0.15, -0.1) is 0 Å². The Labute approximate surface area is 187 Å². The average Bonchev–Trinajstić information content (AvgIpc) is 3.16. The molecule has 0 bridgehead atoms. The summed E-state index contributed by atoms with van der Waals surface area (Å²) in [4.78, 5) is 30.8. The Kier molecular flexibility index (Phi) is 5.84. The van der Waals surface area contributed by atoms with Gasteiger partial charge in [0.15, 0.2) is 0 Å². The second-order valence-electron chi connectivity index (χ2n) is 7.57. The molecule has 2 heterocycles. The van der Waals surface area contributed by atoms with Gasteiger partial charge in [0.25, 0.3) is 5.91 Å². The fourth-order valence-corrected chi connectivity index (χ4v) is 3.61. The molecule has 3 aromatic rings. The van der Waals surface area contributed by atoms with E-state index >= 15 is 0 Å². The van der Waals surface area contributed by atoms with Crippen molar-refractivity contribution in [2.45, 2.75) is 19.2 Å². The molecule has 172 valence electrons. The van der Waals surface area contributed by atoms with Crippen LogP contribution in [0.4, 0.5) is 23.7 Å². The topological polar surface area (TPSA) is 80.8 Å². The molecule has 1 unspecified atom stereocenters. The molecule has 2 amide bonds. The zero-order valence-corrected chi connectivity index (χ0v) is 17.8. The SMILES string of the molecule is COc1ccc2nc(C)cc(N3CC(CNC(=O)c4ccc(C(F)(F)F)cc4)OC3=O)c2c1. The van der Waals surface area contributed by atoms with Crippen LogP contribution in [0, 0.1) is 6.92 Å². The van der Waals surface area contributed by atoms with E-state index < -0.39 is 29.8 Å². The van der Waals surface area contributed by atoms with Crippen molar-refractivity contribution in [2.24, 2.45) is 0 Å². The quantitative estimate of drug-likeness (QED) is 0.615. The molecule has 0 aliphatic carbocycles. The minimum atomic E-state index is -4.48. The van der Waals surface area contributed by atoms with E-state index in [1.807, 2.05) is 6.92 Å². The third kappa shape index (κ3) is 4.69. The number of anilines is 1. The Morgan fingerprint density at radius 3 is 2.61 bits per heavy atom. The van der Waals surface area contributed by atoms with Crippen LogP contribution in [-0.2, 0) is 10.9 Å². The number of hydrogen-bond donors (Lipinski definition) is 1. The Hall–Kier alpha value is -3.82. The van der Waals surface area contributed by atoms with E-state index in [0.717, 1.165) is 30.0 Å². The summed E-state index contributed by atoms with van der Waals surface area (Å²) in [5, 5.41) is 3.32. The molecule has 2 aromatic carbocycles. The van der Waals surface area contributed by atoms with Gasteiger partial charge in [0.2, 0.25) is 0 Å². The number of fused-ring (bicyclic) bond motifs is 1. The highest BCUT2D eigenvalue weighted by atomic mass is 19.4. The predicted octanol–water partition coefficient (Wildman–Crippen LogP) is 4.33. The van der Waals surface area contributed by atoms with Gasteiger partial charge < -0.3 is 14.8 Å². The van der Waals surface area contributed by atoms with Crippen molar-refractivity contribution in [3.05, 3.63) is 65.4 Å². The molecule has 0 spiro atoms. The molecule has 33 heavy (non-hydrogen) atoms. The molecule has 7 nitrogen and oxygen atoms in total. The average molecular weight is 459 g/mol. The van der Waals surface area contributed by atoms with Crippen LogP contribution in [-0.4, -0.2) is 43.3 Å². The van der Waals surface area contributed by atoms with Crippen molar-refractivity contribution in [2.75, 3.05) is 25.1 Å². The van der Waals surface area contributed by atoms with Gasteiger partial charge in [0, 0.05) is 16.6 Å². The predicted molar refractivity (Wildman–Crippen MR) is 114 cm³/mol. The van der Waals surface area contributed by atoms with E-state index in [0.29, 0.717) is 22.3 Å². The van der Waals surface area contributed by atoms with Crippen LogP contribution in [0.1, 0.15) is 21.6 Å². The lowest BCUT2D eigenvalue weighted by atomic mass is 10.1. The maximum atomic E-state index is 12.7. The van der Waals surface area contributed by atoms with E-state index in [-0.39, 0.29) is 18.7 Å². The van der Waals surface area contributed by atoms with Crippen molar-refractivity contribution < 1.29 is 32.2 Å². The first kappa shape index (κ1) is 22.4. The maximum Gasteiger partial charge on any atom is 0.416 e. The number of nitrogens with zero attached hydrogens (tertiary/aromatic N) is 2. The monoisotopic (exact) mass is 459 g/mol. The Morgan fingerprint density at radius 2 is 1.94 bits per heavy atom. The minimum absolute atomic E-state index is 0.00736. The van der Waals surface area contributed by atoms with Crippen LogP contribution < -0.4 is 15.0 Å². The number of carbonyl (C=O) groups is 2. The number of benzene rings is 2.